The smallest absolute Gasteiger partial charge is 0.229 e. The van der Waals surface area contributed by atoms with Crippen LogP contribution in [-0.2, 0) is 14.8 Å². The highest BCUT2D eigenvalue weighted by molar-refractivity contribution is 7.92. The Kier molecular flexibility index (Phi) is 6.82. The van der Waals surface area contributed by atoms with Gasteiger partial charge in [-0.15, -0.1) is 12.4 Å². The normalized spacial score (nSPS) is 12.2. The Morgan fingerprint density at radius 2 is 1.95 bits per heavy atom. The second-order valence-corrected chi connectivity index (χ2v) is 5.83. The van der Waals surface area contributed by atoms with Gasteiger partial charge >= 0.3 is 0 Å². The van der Waals surface area contributed by atoms with Crippen molar-refractivity contribution in [2.75, 3.05) is 22.8 Å². The molecule has 8 heteroatoms. The fraction of sp³-hybridized carbons (Fsp3) is 0.364. The molecule has 108 valence electrons. The van der Waals surface area contributed by atoms with E-state index in [0.717, 1.165) is 6.26 Å². The molecule has 1 rings (SSSR count). The molecule has 1 atom stereocenters. The van der Waals surface area contributed by atoms with Crippen molar-refractivity contribution in [3.63, 3.8) is 0 Å². The Morgan fingerprint density at radius 3 is 2.47 bits per heavy atom. The summed E-state index contributed by atoms with van der Waals surface area (Å²) in [5.41, 5.74) is 6.31. The van der Waals surface area contributed by atoms with Crippen molar-refractivity contribution in [2.45, 2.75) is 6.92 Å². The number of nitrogens with two attached hydrogens (primary N) is 1. The van der Waals surface area contributed by atoms with E-state index in [4.69, 9.17) is 5.73 Å². The van der Waals surface area contributed by atoms with E-state index in [-0.39, 0.29) is 30.8 Å². The van der Waals surface area contributed by atoms with Crippen LogP contribution in [0.3, 0.4) is 0 Å². The summed E-state index contributed by atoms with van der Waals surface area (Å²) in [7, 11) is -3.33. The number of nitrogens with one attached hydrogen (secondary N) is 2. The number of amides is 1. The van der Waals surface area contributed by atoms with Gasteiger partial charge in [0.15, 0.2) is 0 Å². The number of carbonyl (C=O) groups excluding carboxylic acids is 1. The first-order valence-corrected chi connectivity index (χ1v) is 7.30. The third-order valence-corrected chi connectivity index (χ3v) is 2.84. The second kappa shape index (κ2) is 7.32. The topological polar surface area (TPSA) is 101 Å². The molecule has 0 radical (unpaired) electrons. The van der Waals surface area contributed by atoms with Gasteiger partial charge < -0.3 is 11.1 Å². The zero-order chi connectivity index (χ0) is 13.8. The molecule has 1 unspecified atom stereocenters. The van der Waals surface area contributed by atoms with Gasteiger partial charge in [0.2, 0.25) is 15.9 Å². The molecule has 0 fully saturated rings. The fourth-order valence-corrected chi connectivity index (χ4v) is 1.80. The van der Waals surface area contributed by atoms with Crippen LogP contribution >= 0.6 is 12.4 Å². The third-order valence-electron chi connectivity index (χ3n) is 2.23. The summed E-state index contributed by atoms with van der Waals surface area (Å²) in [4.78, 5) is 11.6. The maximum Gasteiger partial charge on any atom is 0.229 e. The summed E-state index contributed by atoms with van der Waals surface area (Å²) in [6, 6.07) is 6.47. The lowest BCUT2D eigenvalue weighted by Crippen LogP contribution is -2.26. The Bertz CT molecular complexity index is 534. The first-order valence-electron chi connectivity index (χ1n) is 5.40. The second-order valence-electron chi connectivity index (χ2n) is 4.08. The lowest BCUT2D eigenvalue weighted by molar-refractivity contribution is -0.119. The lowest BCUT2D eigenvalue weighted by atomic mass is 10.1. The number of sulfonamides is 1. The van der Waals surface area contributed by atoms with Crippen molar-refractivity contribution >= 4 is 39.7 Å². The van der Waals surface area contributed by atoms with Gasteiger partial charge in [0.05, 0.1) is 11.9 Å². The molecule has 0 spiro atoms. The van der Waals surface area contributed by atoms with E-state index < -0.39 is 10.0 Å². The standard InChI is InChI=1S/C11H17N3O3S.ClH/c1-8(7-12)11(15)13-9-4-3-5-10(6-9)14-18(2,16)17;/h3-6,8,14H,7,12H2,1-2H3,(H,13,15);1H. The van der Waals surface area contributed by atoms with Gasteiger partial charge in [-0.05, 0) is 18.2 Å². The van der Waals surface area contributed by atoms with Crippen molar-refractivity contribution in [2.24, 2.45) is 11.7 Å². The van der Waals surface area contributed by atoms with Gasteiger partial charge in [-0.2, -0.15) is 0 Å². The minimum Gasteiger partial charge on any atom is -0.330 e. The highest BCUT2D eigenvalue weighted by Gasteiger charge is 2.11. The predicted molar refractivity (Wildman–Crippen MR) is 79.0 cm³/mol. The maximum absolute atomic E-state index is 11.6. The summed E-state index contributed by atoms with van der Waals surface area (Å²) in [5, 5.41) is 2.67. The minimum atomic E-state index is -3.33. The summed E-state index contributed by atoms with van der Waals surface area (Å²) < 4.78 is 24.5. The van der Waals surface area contributed by atoms with Crippen LogP contribution in [0.1, 0.15) is 6.92 Å². The fourth-order valence-electron chi connectivity index (χ4n) is 1.25. The van der Waals surface area contributed by atoms with Crippen LogP contribution in [0.4, 0.5) is 11.4 Å². The van der Waals surface area contributed by atoms with Crippen LogP contribution in [0.15, 0.2) is 24.3 Å². The van der Waals surface area contributed by atoms with Gasteiger partial charge in [-0.1, -0.05) is 13.0 Å². The molecule has 19 heavy (non-hydrogen) atoms. The van der Waals surface area contributed by atoms with Crippen molar-refractivity contribution in [1.82, 2.24) is 0 Å². The highest BCUT2D eigenvalue weighted by atomic mass is 35.5. The number of benzene rings is 1. The molecule has 0 saturated carbocycles. The van der Waals surface area contributed by atoms with E-state index >= 15 is 0 Å². The van der Waals surface area contributed by atoms with Gasteiger partial charge in [-0.3, -0.25) is 9.52 Å². The van der Waals surface area contributed by atoms with Gasteiger partial charge in [0, 0.05) is 18.2 Å². The van der Waals surface area contributed by atoms with Gasteiger partial charge in [0.25, 0.3) is 0 Å². The van der Waals surface area contributed by atoms with Crippen LogP contribution in [-0.4, -0.2) is 27.1 Å². The van der Waals surface area contributed by atoms with Crippen LogP contribution in [0.25, 0.3) is 0 Å². The van der Waals surface area contributed by atoms with E-state index in [0.29, 0.717) is 11.4 Å². The van der Waals surface area contributed by atoms with Crippen molar-refractivity contribution in [3.8, 4) is 0 Å². The number of carbonyl (C=O) groups is 1. The highest BCUT2D eigenvalue weighted by Crippen LogP contribution is 2.16. The van der Waals surface area contributed by atoms with Gasteiger partial charge in [-0.25, -0.2) is 8.42 Å². The first-order chi connectivity index (χ1) is 8.31. The van der Waals surface area contributed by atoms with Crippen molar-refractivity contribution in [1.29, 1.82) is 0 Å². The summed E-state index contributed by atoms with van der Waals surface area (Å²) in [6.45, 7) is 1.97. The molecule has 1 aromatic carbocycles. The molecule has 6 nitrogen and oxygen atoms in total. The molecule has 0 saturated heterocycles. The Balaban J connectivity index is 0.00000324. The summed E-state index contributed by atoms with van der Waals surface area (Å²) in [5.74, 6) is -0.495. The SMILES string of the molecule is CC(CN)C(=O)Nc1cccc(NS(C)(=O)=O)c1.Cl. The monoisotopic (exact) mass is 307 g/mol. The van der Waals surface area contributed by atoms with Crippen LogP contribution < -0.4 is 15.8 Å². The van der Waals surface area contributed by atoms with Crippen molar-refractivity contribution in [3.05, 3.63) is 24.3 Å². The molecule has 0 aliphatic rings. The summed E-state index contributed by atoms with van der Waals surface area (Å²) in [6.07, 6.45) is 1.06. The molecule has 0 aromatic heterocycles. The maximum atomic E-state index is 11.6. The molecule has 1 aromatic rings. The van der Waals surface area contributed by atoms with Crippen molar-refractivity contribution < 1.29 is 13.2 Å². The van der Waals surface area contributed by atoms with Crippen LogP contribution in [0.5, 0.6) is 0 Å². The first kappa shape index (κ1) is 17.7. The summed E-state index contributed by atoms with van der Waals surface area (Å²) >= 11 is 0. The van der Waals surface area contributed by atoms with E-state index in [9.17, 15) is 13.2 Å². The molecule has 0 aliphatic carbocycles. The number of hydrogen-bond acceptors (Lipinski definition) is 4. The lowest BCUT2D eigenvalue weighted by Gasteiger charge is -2.11. The minimum absolute atomic E-state index is 0. The van der Waals surface area contributed by atoms with E-state index in [1.165, 1.54) is 0 Å². The number of hydrogen-bond donors (Lipinski definition) is 3. The Morgan fingerprint density at radius 1 is 1.37 bits per heavy atom. The molecule has 0 aliphatic heterocycles. The zero-order valence-electron chi connectivity index (χ0n) is 10.7. The molecular formula is C11H18ClN3O3S. The molecule has 0 bridgehead atoms. The van der Waals surface area contributed by atoms with E-state index in [1.54, 1.807) is 31.2 Å². The van der Waals surface area contributed by atoms with Crippen LogP contribution in [0.2, 0.25) is 0 Å². The number of anilines is 2. The Labute approximate surface area is 119 Å². The quantitative estimate of drug-likeness (QED) is 0.755. The largest absolute Gasteiger partial charge is 0.330 e. The molecule has 0 heterocycles. The third kappa shape index (κ3) is 6.42. The van der Waals surface area contributed by atoms with Crippen LogP contribution in [0, 0.1) is 5.92 Å². The molecular weight excluding hydrogens is 290 g/mol. The van der Waals surface area contributed by atoms with Gasteiger partial charge in [0.1, 0.15) is 0 Å². The molecule has 1 amide bonds. The average molecular weight is 308 g/mol. The number of halogens is 1. The average Bonchev–Trinajstić information content (AvgIpc) is 2.26. The number of rotatable bonds is 5. The van der Waals surface area contributed by atoms with E-state index in [2.05, 4.69) is 10.0 Å². The molecule has 4 N–H and O–H groups in total. The predicted octanol–water partition coefficient (Wildman–Crippen LogP) is 1.01. The van der Waals surface area contributed by atoms with E-state index in [1.807, 2.05) is 0 Å². The Hall–Kier alpha value is -1.31. The zero-order valence-corrected chi connectivity index (χ0v) is 12.3.